The van der Waals surface area contributed by atoms with Gasteiger partial charge in [0.1, 0.15) is 5.82 Å². The van der Waals surface area contributed by atoms with Crippen molar-refractivity contribution in [2.24, 2.45) is 5.92 Å². The minimum Gasteiger partial charge on any atom is -0.388 e. The average molecular weight is 245 g/mol. The van der Waals surface area contributed by atoms with E-state index in [1.165, 1.54) is 6.07 Å². The van der Waals surface area contributed by atoms with E-state index in [1.807, 2.05) is 0 Å². The van der Waals surface area contributed by atoms with Gasteiger partial charge < -0.3 is 5.11 Å². The van der Waals surface area contributed by atoms with Crippen molar-refractivity contribution in [1.82, 2.24) is 0 Å². The van der Waals surface area contributed by atoms with Gasteiger partial charge in [-0.05, 0) is 24.5 Å². The van der Waals surface area contributed by atoms with E-state index < -0.39 is 11.9 Å². The molecular weight excluding hydrogens is 227 g/mol. The Labute approximate surface area is 101 Å². The van der Waals surface area contributed by atoms with Crippen LogP contribution in [0, 0.1) is 11.7 Å². The summed E-state index contributed by atoms with van der Waals surface area (Å²) in [4.78, 5) is 0. The Morgan fingerprint density at radius 1 is 1.31 bits per heavy atom. The van der Waals surface area contributed by atoms with Gasteiger partial charge in [-0.15, -0.1) is 0 Å². The smallest absolute Gasteiger partial charge is 0.130 e. The molecule has 0 amide bonds. The van der Waals surface area contributed by atoms with Crippen LogP contribution >= 0.6 is 11.6 Å². The van der Waals surface area contributed by atoms with E-state index in [-0.39, 0.29) is 0 Å². The van der Waals surface area contributed by atoms with E-state index in [9.17, 15) is 9.50 Å². The highest BCUT2D eigenvalue weighted by molar-refractivity contribution is 6.30. The van der Waals surface area contributed by atoms with Crippen molar-refractivity contribution in [3.05, 3.63) is 34.6 Å². The zero-order chi connectivity index (χ0) is 12.1. The zero-order valence-electron chi connectivity index (χ0n) is 9.71. The lowest BCUT2D eigenvalue weighted by molar-refractivity contribution is 0.157. The second-order valence-corrected chi connectivity index (χ2v) is 4.94. The molecule has 90 valence electrons. The number of aliphatic hydroxyl groups excluding tert-OH is 1. The third kappa shape index (κ3) is 4.11. The summed E-state index contributed by atoms with van der Waals surface area (Å²) < 4.78 is 13.4. The number of hydrogen-bond acceptors (Lipinski definition) is 1. The van der Waals surface area contributed by atoms with Crippen LogP contribution in [0.1, 0.15) is 44.8 Å². The van der Waals surface area contributed by atoms with Gasteiger partial charge in [0.15, 0.2) is 0 Å². The Morgan fingerprint density at radius 3 is 2.56 bits per heavy atom. The molecule has 1 atom stereocenters. The first-order chi connectivity index (χ1) is 7.50. The number of benzene rings is 1. The first-order valence-corrected chi connectivity index (χ1v) is 6.01. The van der Waals surface area contributed by atoms with Crippen LogP contribution in [-0.4, -0.2) is 5.11 Å². The summed E-state index contributed by atoms with van der Waals surface area (Å²) in [5.41, 5.74) is 0.341. The van der Waals surface area contributed by atoms with Crippen molar-refractivity contribution in [1.29, 1.82) is 0 Å². The van der Waals surface area contributed by atoms with Gasteiger partial charge in [0, 0.05) is 10.6 Å². The molecule has 16 heavy (non-hydrogen) atoms. The summed E-state index contributed by atoms with van der Waals surface area (Å²) in [6.07, 6.45) is 1.82. The van der Waals surface area contributed by atoms with Crippen molar-refractivity contribution in [3.8, 4) is 0 Å². The van der Waals surface area contributed by atoms with Crippen LogP contribution in [0.2, 0.25) is 5.02 Å². The molecule has 0 heterocycles. The fraction of sp³-hybridized carbons (Fsp3) is 0.538. The third-order valence-corrected chi connectivity index (χ3v) is 2.82. The maximum absolute atomic E-state index is 13.4. The molecule has 0 radical (unpaired) electrons. The molecule has 0 bridgehead atoms. The number of rotatable bonds is 5. The number of halogens is 2. The first kappa shape index (κ1) is 13.5. The summed E-state index contributed by atoms with van der Waals surface area (Å²) in [7, 11) is 0. The van der Waals surface area contributed by atoms with Crippen LogP contribution < -0.4 is 0 Å². The lowest BCUT2D eigenvalue weighted by Crippen LogP contribution is -2.01. The summed E-state index contributed by atoms with van der Waals surface area (Å²) in [5, 5.41) is 10.2. The van der Waals surface area contributed by atoms with Gasteiger partial charge in [0.2, 0.25) is 0 Å². The molecule has 0 saturated heterocycles. The largest absolute Gasteiger partial charge is 0.388 e. The Balaban J connectivity index is 2.55. The molecule has 1 unspecified atom stereocenters. The summed E-state index contributed by atoms with van der Waals surface area (Å²) in [5.74, 6) is 0.187. The van der Waals surface area contributed by atoms with E-state index in [0.717, 1.165) is 12.8 Å². The SMILES string of the molecule is CC(C)CCCC(O)c1ccc(Cl)cc1F. The fourth-order valence-corrected chi connectivity index (χ4v) is 1.81. The van der Waals surface area contributed by atoms with Crippen LogP contribution in [0.5, 0.6) is 0 Å². The van der Waals surface area contributed by atoms with E-state index in [2.05, 4.69) is 13.8 Å². The Kier molecular flexibility index (Phi) is 5.23. The Bertz CT molecular complexity index is 339. The van der Waals surface area contributed by atoms with Crippen molar-refractivity contribution in [2.45, 2.75) is 39.2 Å². The molecule has 1 aromatic rings. The van der Waals surface area contributed by atoms with Gasteiger partial charge in [-0.1, -0.05) is 44.4 Å². The van der Waals surface area contributed by atoms with Crippen LogP contribution in [0.15, 0.2) is 18.2 Å². The molecule has 0 saturated carbocycles. The second kappa shape index (κ2) is 6.21. The summed E-state index contributed by atoms with van der Waals surface area (Å²) in [6, 6.07) is 4.39. The molecule has 3 heteroatoms. The van der Waals surface area contributed by atoms with Crippen LogP contribution in [-0.2, 0) is 0 Å². The van der Waals surface area contributed by atoms with Gasteiger partial charge >= 0.3 is 0 Å². The molecule has 0 fully saturated rings. The van der Waals surface area contributed by atoms with E-state index in [1.54, 1.807) is 12.1 Å². The van der Waals surface area contributed by atoms with Crippen LogP contribution in [0.4, 0.5) is 4.39 Å². The summed E-state index contributed by atoms with van der Waals surface area (Å²) >= 11 is 5.65. The third-order valence-electron chi connectivity index (χ3n) is 2.58. The minimum absolute atomic E-state index is 0.341. The molecule has 0 aromatic heterocycles. The lowest BCUT2D eigenvalue weighted by Gasteiger charge is -2.12. The van der Waals surface area contributed by atoms with Crippen molar-refractivity contribution in [3.63, 3.8) is 0 Å². The predicted octanol–water partition coefficient (Wildman–Crippen LogP) is 4.34. The molecule has 1 N–H and O–H groups in total. The molecule has 0 aliphatic rings. The molecule has 0 spiro atoms. The highest BCUT2D eigenvalue weighted by atomic mass is 35.5. The first-order valence-electron chi connectivity index (χ1n) is 5.63. The molecule has 0 aliphatic heterocycles. The maximum atomic E-state index is 13.4. The van der Waals surface area contributed by atoms with Crippen LogP contribution in [0.3, 0.4) is 0 Å². The van der Waals surface area contributed by atoms with Crippen molar-refractivity contribution in [2.75, 3.05) is 0 Å². The highest BCUT2D eigenvalue weighted by Crippen LogP contribution is 2.25. The average Bonchev–Trinajstić information content (AvgIpc) is 2.16. The van der Waals surface area contributed by atoms with Gasteiger partial charge in [-0.2, -0.15) is 0 Å². The quantitative estimate of drug-likeness (QED) is 0.817. The Morgan fingerprint density at radius 2 is 2.00 bits per heavy atom. The molecule has 1 aromatic carbocycles. The molecule has 1 rings (SSSR count). The predicted molar refractivity (Wildman–Crippen MR) is 65.1 cm³/mol. The lowest BCUT2D eigenvalue weighted by atomic mass is 10.00. The monoisotopic (exact) mass is 244 g/mol. The Hall–Kier alpha value is -0.600. The molecule has 0 aliphatic carbocycles. The summed E-state index contributed by atoms with van der Waals surface area (Å²) in [6.45, 7) is 4.27. The highest BCUT2D eigenvalue weighted by Gasteiger charge is 2.12. The number of aliphatic hydroxyl groups is 1. The van der Waals surface area contributed by atoms with Gasteiger partial charge in [-0.25, -0.2) is 4.39 Å². The standard InChI is InChI=1S/C13H18ClFO/c1-9(2)4-3-5-13(16)11-7-6-10(14)8-12(11)15/h6-9,13,16H,3-5H2,1-2H3. The molecule has 1 nitrogen and oxygen atoms in total. The van der Waals surface area contributed by atoms with E-state index in [0.29, 0.717) is 22.9 Å². The van der Waals surface area contributed by atoms with E-state index >= 15 is 0 Å². The second-order valence-electron chi connectivity index (χ2n) is 4.51. The zero-order valence-corrected chi connectivity index (χ0v) is 10.5. The van der Waals surface area contributed by atoms with Crippen LogP contribution in [0.25, 0.3) is 0 Å². The topological polar surface area (TPSA) is 20.2 Å². The maximum Gasteiger partial charge on any atom is 0.130 e. The molecular formula is C13H18ClFO. The van der Waals surface area contributed by atoms with E-state index in [4.69, 9.17) is 11.6 Å². The van der Waals surface area contributed by atoms with Crippen molar-refractivity contribution < 1.29 is 9.50 Å². The number of hydrogen-bond donors (Lipinski definition) is 1. The van der Waals surface area contributed by atoms with Crippen molar-refractivity contribution >= 4 is 11.6 Å². The van der Waals surface area contributed by atoms with Gasteiger partial charge in [0.25, 0.3) is 0 Å². The van der Waals surface area contributed by atoms with Gasteiger partial charge in [0.05, 0.1) is 6.10 Å². The fourth-order valence-electron chi connectivity index (χ4n) is 1.65. The van der Waals surface area contributed by atoms with Gasteiger partial charge in [-0.3, -0.25) is 0 Å². The normalized spacial score (nSPS) is 13.1. The minimum atomic E-state index is -0.726.